The second-order valence-corrected chi connectivity index (χ2v) is 10.5. The van der Waals surface area contributed by atoms with Gasteiger partial charge in [-0.15, -0.1) is 11.3 Å². The van der Waals surface area contributed by atoms with Crippen molar-refractivity contribution in [3.8, 4) is 16.3 Å². The summed E-state index contributed by atoms with van der Waals surface area (Å²) in [6, 6.07) is 14.3. The Hall–Kier alpha value is -2.44. The zero-order valence-corrected chi connectivity index (χ0v) is 18.5. The van der Waals surface area contributed by atoms with Gasteiger partial charge in [0.25, 0.3) is 5.91 Å². The van der Waals surface area contributed by atoms with E-state index < -0.39 is 0 Å². The van der Waals surface area contributed by atoms with Crippen LogP contribution in [0.3, 0.4) is 0 Å². The molecule has 4 aliphatic carbocycles. The summed E-state index contributed by atoms with van der Waals surface area (Å²) < 4.78 is 7.80. The lowest BCUT2D eigenvalue weighted by molar-refractivity contribution is -0.156. The van der Waals surface area contributed by atoms with E-state index in [-0.39, 0.29) is 17.6 Å². The molecular weight excluding hydrogens is 406 g/mol. The predicted octanol–water partition coefficient (Wildman–Crippen LogP) is 4.92. The predicted molar refractivity (Wildman–Crippen MR) is 121 cm³/mol. The van der Waals surface area contributed by atoms with E-state index in [2.05, 4.69) is 5.32 Å². The molecular formula is C25H27N3O2S. The van der Waals surface area contributed by atoms with Crippen LogP contribution in [-0.2, 0) is 4.74 Å². The molecule has 0 saturated heterocycles. The zero-order valence-electron chi connectivity index (χ0n) is 17.7. The molecule has 1 amide bonds. The van der Waals surface area contributed by atoms with E-state index in [0.29, 0.717) is 17.4 Å². The molecule has 4 fully saturated rings. The van der Waals surface area contributed by atoms with Gasteiger partial charge in [0.1, 0.15) is 5.69 Å². The fraction of sp³-hybridized carbons (Fsp3) is 0.440. The van der Waals surface area contributed by atoms with Crippen molar-refractivity contribution in [2.45, 2.75) is 43.7 Å². The molecule has 3 aromatic rings. The van der Waals surface area contributed by atoms with E-state index >= 15 is 0 Å². The van der Waals surface area contributed by atoms with Gasteiger partial charge in [-0.3, -0.25) is 4.79 Å². The minimum Gasteiger partial charge on any atom is -0.378 e. The molecule has 0 aliphatic heterocycles. The van der Waals surface area contributed by atoms with Gasteiger partial charge < -0.3 is 10.1 Å². The van der Waals surface area contributed by atoms with Crippen LogP contribution in [0.25, 0.3) is 16.3 Å². The molecule has 4 saturated carbocycles. The number of para-hydroxylation sites is 1. The lowest BCUT2D eigenvalue weighted by Gasteiger charge is -2.59. The first-order chi connectivity index (χ1) is 15.1. The van der Waals surface area contributed by atoms with Crippen LogP contribution in [0.1, 0.15) is 42.5 Å². The summed E-state index contributed by atoms with van der Waals surface area (Å²) in [5.41, 5.74) is 2.42. The van der Waals surface area contributed by atoms with Crippen LogP contribution in [0.2, 0.25) is 0 Å². The molecule has 0 spiro atoms. The molecule has 5 nitrogen and oxygen atoms in total. The number of carbonyl (C=O) groups is 1. The second kappa shape index (κ2) is 7.31. The van der Waals surface area contributed by atoms with Gasteiger partial charge in [-0.05, 0) is 73.4 Å². The number of amides is 1. The first-order valence-electron chi connectivity index (χ1n) is 11.2. The quantitative estimate of drug-likeness (QED) is 0.621. The van der Waals surface area contributed by atoms with Crippen molar-refractivity contribution in [3.63, 3.8) is 0 Å². The Bertz CT molecular complexity index is 1080. The van der Waals surface area contributed by atoms with Gasteiger partial charge in [-0.25, -0.2) is 4.68 Å². The number of aromatic nitrogens is 2. The first-order valence-corrected chi connectivity index (χ1v) is 12.1. The summed E-state index contributed by atoms with van der Waals surface area (Å²) in [5.74, 6) is 1.79. The lowest BCUT2D eigenvalue weighted by Crippen LogP contribution is -2.62. The Morgan fingerprint density at radius 3 is 2.58 bits per heavy atom. The molecule has 31 heavy (non-hydrogen) atoms. The molecule has 2 unspecified atom stereocenters. The fourth-order valence-corrected chi connectivity index (χ4v) is 7.24. The van der Waals surface area contributed by atoms with E-state index in [1.807, 2.05) is 65.8 Å². The summed E-state index contributed by atoms with van der Waals surface area (Å²) in [4.78, 5) is 14.6. The molecule has 2 aromatic heterocycles. The number of thiophene rings is 1. The SMILES string of the molecule is COC12CC3CC(C1)C(NC(=O)c1cn(-c4ccccc4)nc1-c1cccs1)C(C3)C2. The fourth-order valence-electron chi connectivity index (χ4n) is 6.51. The van der Waals surface area contributed by atoms with Crippen molar-refractivity contribution in [3.05, 3.63) is 59.6 Å². The van der Waals surface area contributed by atoms with E-state index in [9.17, 15) is 4.79 Å². The molecule has 2 heterocycles. The number of carbonyl (C=O) groups excluding carboxylic acids is 1. The maximum Gasteiger partial charge on any atom is 0.255 e. The van der Waals surface area contributed by atoms with Crippen LogP contribution in [0, 0.1) is 17.8 Å². The lowest BCUT2D eigenvalue weighted by atomic mass is 9.52. The number of hydrogen-bond acceptors (Lipinski definition) is 4. The average molecular weight is 434 g/mol. The third-order valence-corrected chi connectivity index (χ3v) is 8.56. The molecule has 1 aromatic carbocycles. The Morgan fingerprint density at radius 2 is 1.90 bits per heavy atom. The highest BCUT2D eigenvalue weighted by Gasteiger charge is 2.56. The standard InChI is InChI=1S/C25H27N3O2S/c1-30-25-12-16-10-17(13-25)22(18(11-16)14-25)26-24(29)20-15-28(19-6-3-2-4-7-19)27-23(20)21-8-5-9-31-21/h2-9,15-18,22H,10-14H2,1H3,(H,26,29). The van der Waals surface area contributed by atoms with Crippen molar-refractivity contribution in [2.75, 3.05) is 7.11 Å². The van der Waals surface area contributed by atoms with E-state index in [4.69, 9.17) is 9.84 Å². The summed E-state index contributed by atoms with van der Waals surface area (Å²) in [6.45, 7) is 0. The third-order valence-electron chi connectivity index (χ3n) is 7.68. The summed E-state index contributed by atoms with van der Waals surface area (Å²) >= 11 is 1.62. The normalized spacial score (nSPS) is 31.1. The van der Waals surface area contributed by atoms with E-state index in [1.54, 1.807) is 11.3 Å². The van der Waals surface area contributed by atoms with Crippen LogP contribution in [0.5, 0.6) is 0 Å². The number of benzene rings is 1. The molecule has 2 atom stereocenters. The van der Waals surface area contributed by atoms with Crippen molar-refractivity contribution >= 4 is 17.2 Å². The van der Waals surface area contributed by atoms with Crippen LogP contribution >= 0.6 is 11.3 Å². The van der Waals surface area contributed by atoms with Gasteiger partial charge in [-0.2, -0.15) is 5.10 Å². The second-order valence-electron chi connectivity index (χ2n) is 9.51. The number of nitrogens with zero attached hydrogens (tertiary/aromatic N) is 2. The highest BCUT2D eigenvalue weighted by atomic mass is 32.1. The van der Waals surface area contributed by atoms with Crippen molar-refractivity contribution in [2.24, 2.45) is 17.8 Å². The number of rotatable bonds is 5. The molecule has 7 rings (SSSR count). The van der Waals surface area contributed by atoms with Crippen LogP contribution in [-0.4, -0.2) is 34.4 Å². The van der Waals surface area contributed by atoms with Gasteiger partial charge in [0.15, 0.2) is 0 Å². The smallest absolute Gasteiger partial charge is 0.255 e. The summed E-state index contributed by atoms with van der Waals surface area (Å²) in [5, 5.41) is 10.3. The monoisotopic (exact) mass is 433 g/mol. The molecule has 1 N–H and O–H groups in total. The van der Waals surface area contributed by atoms with Gasteiger partial charge >= 0.3 is 0 Å². The molecule has 4 aliphatic rings. The topological polar surface area (TPSA) is 56.1 Å². The van der Waals surface area contributed by atoms with Crippen LogP contribution < -0.4 is 5.32 Å². The highest BCUT2D eigenvalue weighted by Crippen LogP contribution is 2.57. The Labute approximate surface area is 186 Å². The Balaban J connectivity index is 1.31. The van der Waals surface area contributed by atoms with Gasteiger partial charge in [-0.1, -0.05) is 24.3 Å². The van der Waals surface area contributed by atoms with Crippen molar-refractivity contribution < 1.29 is 9.53 Å². The maximum absolute atomic E-state index is 13.6. The zero-order chi connectivity index (χ0) is 21.0. The maximum atomic E-state index is 13.6. The average Bonchev–Trinajstić information content (AvgIpc) is 3.46. The molecule has 4 bridgehead atoms. The van der Waals surface area contributed by atoms with E-state index in [0.717, 1.165) is 35.0 Å². The molecule has 160 valence electrons. The molecule has 6 heteroatoms. The van der Waals surface area contributed by atoms with Crippen molar-refractivity contribution in [1.29, 1.82) is 0 Å². The van der Waals surface area contributed by atoms with Gasteiger partial charge in [0.2, 0.25) is 0 Å². The number of nitrogens with one attached hydrogen (secondary N) is 1. The minimum absolute atomic E-state index is 0.00507. The summed E-state index contributed by atoms with van der Waals surface area (Å²) in [6.07, 6.45) is 7.65. The first kappa shape index (κ1) is 19.3. The largest absolute Gasteiger partial charge is 0.378 e. The Kier molecular flexibility index (Phi) is 4.54. The third kappa shape index (κ3) is 3.24. The summed E-state index contributed by atoms with van der Waals surface area (Å²) in [7, 11) is 1.87. The van der Waals surface area contributed by atoms with Crippen LogP contribution in [0.15, 0.2) is 54.0 Å². The Morgan fingerprint density at radius 1 is 1.13 bits per heavy atom. The van der Waals surface area contributed by atoms with Crippen LogP contribution in [0.4, 0.5) is 0 Å². The highest BCUT2D eigenvalue weighted by molar-refractivity contribution is 7.13. The number of hydrogen-bond donors (Lipinski definition) is 1. The van der Waals surface area contributed by atoms with Gasteiger partial charge in [0.05, 0.1) is 21.7 Å². The number of methoxy groups -OCH3 is 1. The van der Waals surface area contributed by atoms with E-state index in [1.165, 1.54) is 19.3 Å². The molecule has 0 radical (unpaired) electrons. The van der Waals surface area contributed by atoms with Crippen molar-refractivity contribution in [1.82, 2.24) is 15.1 Å². The number of ether oxygens (including phenoxy) is 1. The van der Waals surface area contributed by atoms with Gasteiger partial charge in [0, 0.05) is 19.3 Å². The minimum atomic E-state index is -0.00507.